The van der Waals surface area contributed by atoms with Crippen LogP contribution in [-0.4, -0.2) is 30.2 Å². The Morgan fingerprint density at radius 3 is 2.52 bits per heavy atom. The lowest BCUT2D eigenvalue weighted by Crippen LogP contribution is -2.30. The summed E-state index contributed by atoms with van der Waals surface area (Å²) in [5.41, 5.74) is 8.22. The summed E-state index contributed by atoms with van der Waals surface area (Å²) in [7, 11) is 0. The molecule has 0 amide bonds. The standard InChI is InChI=1S/C18H22N2O3.2ClH/c1-3-22-18(21)17-13(2)20-10-9-16(17)23-12-15(19)11-14-7-5-4-6-8-14;;/h4-10,15H,3,11-12,19H2,1-2H3;2*1H. The minimum absolute atomic E-state index is 0. The van der Waals surface area contributed by atoms with Crippen LogP contribution in [0.1, 0.15) is 28.5 Å². The Hall–Kier alpha value is -1.82. The summed E-state index contributed by atoms with van der Waals surface area (Å²) in [5, 5.41) is 0. The monoisotopic (exact) mass is 386 g/mol. The molecule has 1 heterocycles. The number of nitrogens with two attached hydrogens (primary N) is 1. The van der Waals surface area contributed by atoms with Gasteiger partial charge < -0.3 is 15.2 Å². The number of halogens is 2. The molecule has 1 atom stereocenters. The number of hydrogen-bond donors (Lipinski definition) is 1. The highest BCUT2D eigenvalue weighted by molar-refractivity contribution is 5.93. The number of nitrogens with zero attached hydrogens (tertiary/aromatic N) is 1. The van der Waals surface area contributed by atoms with Crippen LogP contribution in [0.4, 0.5) is 0 Å². The van der Waals surface area contributed by atoms with Crippen LogP contribution in [0.2, 0.25) is 0 Å². The van der Waals surface area contributed by atoms with Gasteiger partial charge in [0.1, 0.15) is 17.9 Å². The largest absolute Gasteiger partial charge is 0.491 e. The number of pyridine rings is 1. The highest BCUT2D eigenvalue weighted by Gasteiger charge is 2.18. The van der Waals surface area contributed by atoms with E-state index in [0.29, 0.717) is 36.6 Å². The fourth-order valence-corrected chi connectivity index (χ4v) is 2.29. The van der Waals surface area contributed by atoms with Gasteiger partial charge in [-0.05, 0) is 31.9 Å². The van der Waals surface area contributed by atoms with Crippen molar-refractivity contribution in [2.24, 2.45) is 5.73 Å². The minimum Gasteiger partial charge on any atom is -0.491 e. The van der Waals surface area contributed by atoms with Gasteiger partial charge in [0, 0.05) is 12.2 Å². The Morgan fingerprint density at radius 2 is 1.88 bits per heavy atom. The van der Waals surface area contributed by atoms with E-state index in [4.69, 9.17) is 15.2 Å². The normalized spacial score (nSPS) is 10.8. The summed E-state index contributed by atoms with van der Waals surface area (Å²) in [5.74, 6) is 0.0317. The Morgan fingerprint density at radius 1 is 1.20 bits per heavy atom. The van der Waals surface area contributed by atoms with Crippen molar-refractivity contribution in [2.75, 3.05) is 13.2 Å². The predicted molar refractivity (Wildman–Crippen MR) is 103 cm³/mol. The van der Waals surface area contributed by atoms with Crippen molar-refractivity contribution in [1.82, 2.24) is 4.98 Å². The van der Waals surface area contributed by atoms with Gasteiger partial charge in [-0.2, -0.15) is 0 Å². The summed E-state index contributed by atoms with van der Waals surface area (Å²) in [6.07, 6.45) is 2.32. The van der Waals surface area contributed by atoms with Crippen molar-refractivity contribution < 1.29 is 14.3 Å². The van der Waals surface area contributed by atoms with Crippen LogP contribution in [0.25, 0.3) is 0 Å². The number of aryl methyl sites for hydroxylation is 1. The molecule has 2 rings (SSSR count). The smallest absolute Gasteiger partial charge is 0.343 e. The molecule has 1 aromatic carbocycles. The van der Waals surface area contributed by atoms with E-state index in [1.54, 1.807) is 26.1 Å². The minimum atomic E-state index is -0.426. The maximum absolute atomic E-state index is 12.0. The molecule has 0 aliphatic heterocycles. The highest BCUT2D eigenvalue weighted by atomic mass is 35.5. The Labute approximate surface area is 160 Å². The van der Waals surface area contributed by atoms with Gasteiger partial charge in [-0.15, -0.1) is 24.8 Å². The van der Waals surface area contributed by atoms with E-state index < -0.39 is 5.97 Å². The zero-order valence-electron chi connectivity index (χ0n) is 14.3. The van der Waals surface area contributed by atoms with Crippen LogP contribution in [0.15, 0.2) is 42.6 Å². The molecule has 1 aromatic heterocycles. The molecule has 0 fully saturated rings. The SMILES string of the molecule is CCOC(=O)c1c(OCC(N)Cc2ccccc2)ccnc1C.Cl.Cl. The summed E-state index contributed by atoms with van der Waals surface area (Å²) in [6, 6.07) is 11.5. The molecule has 138 valence electrons. The van der Waals surface area contributed by atoms with E-state index >= 15 is 0 Å². The third-order valence-corrected chi connectivity index (χ3v) is 3.38. The second-order valence-corrected chi connectivity index (χ2v) is 5.25. The number of carbonyl (C=O) groups is 1. The first-order chi connectivity index (χ1) is 11.1. The number of hydrogen-bond acceptors (Lipinski definition) is 5. The maximum Gasteiger partial charge on any atom is 0.343 e. The topological polar surface area (TPSA) is 74.4 Å². The van der Waals surface area contributed by atoms with Crippen molar-refractivity contribution in [3.05, 3.63) is 59.4 Å². The second-order valence-electron chi connectivity index (χ2n) is 5.25. The van der Waals surface area contributed by atoms with Crippen LogP contribution in [0, 0.1) is 6.92 Å². The second kappa shape index (κ2) is 11.7. The number of esters is 1. The van der Waals surface area contributed by atoms with Gasteiger partial charge in [-0.3, -0.25) is 4.98 Å². The number of ether oxygens (including phenoxy) is 2. The van der Waals surface area contributed by atoms with Crippen molar-refractivity contribution in [2.45, 2.75) is 26.3 Å². The average Bonchev–Trinajstić information content (AvgIpc) is 2.54. The molecule has 2 N–H and O–H groups in total. The van der Waals surface area contributed by atoms with E-state index in [2.05, 4.69) is 4.98 Å². The molecule has 5 nitrogen and oxygen atoms in total. The molecule has 2 aromatic rings. The van der Waals surface area contributed by atoms with Gasteiger partial charge in [-0.25, -0.2) is 4.79 Å². The lowest BCUT2D eigenvalue weighted by Gasteiger charge is -2.16. The van der Waals surface area contributed by atoms with Crippen molar-refractivity contribution in [1.29, 1.82) is 0 Å². The summed E-state index contributed by atoms with van der Waals surface area (Å²) < 4.78 is 10.8. The fourth-order valence-electron chi connectivity index (χ4n) is 2.29. The first-order valence-electron chi connectivity index (χ1n) is 7.66. The summed E-state index contributed by atoms with van der Waals surface area (Å²) in [6.45, 7) is 4.13. The van der Waals surface area contributed by atoms with Crippen LogP contribution in [-0.2, 0) is 11.2 Å². The third-order valence-electron chi connectivity index (χ3n) is 3.38. The van der Waals surface area contributed by atoms with Crippen LogP contribution < -0.4 is 10.5 Å². The van der Waals surface area contributed by atoms with E-state index in [1.807, 2.05) is 30.3 Å². The van der Waals surface area contributed by atoms with Gasteiger partial charge in [-0.1, -0.05) is 30.3 Å². The van der Waals surface area contributed by atoms with E-state index in [0.717, 1.165) is 5.56 Å². The molecule has 0 spiro atoms. The Bertz CT molecular complexity index is 654. The molecule has 7 heteroatoms. The van der Waals surface area contributed by atoms with Crippen LogP contribution >= 0.6 is 24.8 Å². The molecule has 1 unspecified atom stereocenters. The molecule has 0 saturated heterocycles. The van der Waals surface area contributed by atoms with Gasteiger partial charge in [0.15, 0.2) is 0 Å². The van der Waals surface area contributed by atoms with Gasteiger partial charge >= 0.3 is 5.97 Å². The maximum atomic E-state index is 12.0. The van der Waals surface area contributed by atoms with E-state index in [1.165, 1.54) is 0 Å². The summed E-state index contributed by atoms with van der Waals surface area (Å²) in [4.78, 5) is 16.2. The molecular weight excluding hydrogens is 363 g/mol. The van der Waals surface area contributed by atoms with Crippen molar-refractivity contribution in [3.8, 4) is 5.75 Å². The van der Waals surface area contributed by atoms with Crippen LogP contribution in [0.3, 0.4) is 0 Å². The lowest BCUT2D eigenvalue weighted by molar-refractivity contribution is 0.0519. The van der Waals surface area contributed by atoms with E-state index in [-0.39, 0.29) is 30.9 Å². The molecular formula is C18H24Cl2N2O3. The van der Waals surface area contributed by atoms with Crippen molar-refractivity contribution >= 4 is 30.8 Å². The molecule has 0 aliphatic rings. The number of benzene rings is 1. The number of carbonyl (C=O) groups excluding carboxylic acids is 1. The fraction of sp³-hybridized carbons (Fsp3) is 0.333. The lowest BCUT2D eigenvalue weighted by atomic mass is 10.1. The summed E-state index contributed by atoms with van der Waals surface area (Å²) >= 11 is 0. The molecule has 0 radical (unpaired) electrons. The zero-order chi connectivity index (χ0) is 16.7. The third kappa shape index (κ3) is 6.90. The van der Waals surface area contributed by atoms with Crippen LogP contribution in [0.5, 0.6) is 5.75 Å². The molecule has 0 bridgehead atoms. The Kier molecular flexibility index (Phi) is 10.8. The zero-order valence-corrected chi connectivity index (χ0v) is 15.9. The van der Waals surface area contributed by atoms with Gasteiger partial charge in [0.25, 0.3) is 0 Å². The first-order valence-corrected chi connectivity index (χ1v) is 7.66. The van der Waals surface area contributed by atoms with Crippen molar-refractivity contribution in [3.63, 3.8) is 0 Å². The number of rotatable bonds is 7. The van der Waals surface area contributed by atoms with E-state index in [9.17, 15) is 4.79 Å². The molecule has 0 aliphatic carbocycles. The number of aromatic nitrogens is 1. The quantitative estimate of drug-likeness (QED) is 0.738. The molecule has 0 saturated carbocycles. The van der Waals surface area contributed by atoms with Gasteiger partial charge in [0.2, 0.25) is 0 Å². The average molecular weight is 387 g/mol. The first kappa shape index (κ1) is 23.2. The predicted octanol–water partition coefficient (Wildman–Crippen LogP) is 3.36. The highest BCUT2D eigenvalue weighted by Crippen LogP contribution is 2.21. The van der Waals surface area contributed by atoms with Gasteiger partial charge in [0.05, 0.1) is 12.3 Å². The molecule has 25 heavy (non-hydrogen) atoms. The Balaban J connectivity index is 0.00000288.